The van der Waals surface area contributed by atoms with Crippen molar-refractivity contribution in [1.29, 1.82) is 0 Å². The maximum atomic E-state index is 13.7. The van der Waals surface area contributed by atoms with E-state index in [1.54, 1.807) is 0 Å². The molecule has 0 aliphatic rings. The molecule has 0 aromatic rings. The maximum absolute atomic E-state index is 13.7. The summed E-state index contributed by atoms with van der Waals surface area (Å²) in [6, 6.07) is 0. The maximum Gasteiger partial charge on any atom is 0.460 e. The summed E-state index contributed by atoms with van der Waals surface area (Å²) in [6.45, 7) is 3.12. The summed E-state index contributed by atoms with van der Waals surface area (Å²) in [4.78, 5) is 0. The van der Waals surface area contributed by atoms with Gasteiger partial charge in [0.15, 0.2) is 0 Å². The van der Waals surface area contributed by atoms with Crippen LogP contribution in [0.25, 0.3) is 0 Å². The zero-order valence-corrected chi connectivity index (χ0v) is 20.9. The molecule has 2 atom stereocenters. The summed E-state index contributed by atoms with van der Waals surface area (Å²) in [5.74, 6) is -43.5. The zero-order chi connectivity index (χ0) is 25.5. The first-order valence-electron chi connectivity index (χ1n) is 7.72. The van der Waals surface area contributed by atoms with Crippen molar-refractivity contribution in [2.45, 2.75) is 61.2 Å². The molecule has 0 bridgehead atoms. The van der Waals surface area contributed by atoms with E-state index in [1.807, 2.05) is 0 Å². The van der Waals surface area contributed by atoms with Crippen LogP contribution in [-0.2, 0) is 0 Å². The predicted octanol–water partition coefficient (Wildman–Crippen LogP) is 7.92. The fourth-order valence-corrected chi connectivity index (χ4v) is 2.82. The average molecular weight is 802 g/mol. The Morgan fingerprint density at radius 1 is 0.625 bits per heavy atom. The summed E-state index contributed by atoms with van der Waals surface area (Å²) in [7, 11) is 0. The Morgan fingerprint density at radius 3 is 1.28 bits per heavy atom. The monoisotopic (exact) mass is 801 g/mol. The second kappa shape index (κ2) is 10.6. The molecule has 0 saturated heterocycles. The standard InChI is InChI=1S/C14H12BrF16.U/c1-2-6(5-15)3-7(9(18,19)20)4-8(16,17)10(21,22)11(23,24)12(25,26)13(27,28)14(29,30)31;/h6-7H,1-5H2;/q-1;. The second-order valence-corrected chi connectivity index (χ2v) is 7.13. The molecular formula is C14H12BrF16U-. The van der Waals surface area contributed by atoms with Crippen LogP contribution in [0, 0.1) is 49.9 Å². The Bertz CT molecular complexity index is 593. The molecule has 0 radical (unpaired) electrons. The summed E-state index contributed by atoms with van der Waals surface area (Å²) in [5.41, 5.74) is 0. The molecular weight excluding hydrogens is 790 g/mol. The van der Waals surface area contributed by atoms with Crippen LogP contribution in [-0.4, -0.2) is 47.3 Å². The van der Waals surface area contributed by atoms with Gasteiger partial charge in [-0.3, -0.25) is 0 Å². The van der Waals surface area contributed by atoms with Gasteiger partial charge in [0.2, 0.25) is 0 Å². The van der Waals surface area contributed by atoms with Crippen molar-refractivity contribution in [3.8, 4) is 0 Å². The molecule has 0 aliphatic carbocycles. The van der Waals surface area contributed by atoms with Gasteiger partial charge in [0.1, 0.15) is 0 Å². The van der Waals surface area contributed by atoms with Crippen LogP contribution in [0.1, 0.15) is 19.3 Å². The van der Waals surface area contributed by atoms with Crippen molar-refractivity contribution in [1.82, 2.24) is 0 Å². The van der Waals surface area contributed by atoms with Gasteiger partial charge in [-0.1, -0.05) is 21.8 Å². The number of halogens is 17. The van der Waals surface area contributed by atoms with Crippen molar-refractivity contribution >= 4 is 15.9 Å². The number of hydrogen-bond donors (Lipinski definition) is 0. The molecule has 0 fully saturated rings. The van der Waals surface area contributed by atoms with Crippen molar-refractivity contribution in [2.24, 2.45) is 11.8 Å². The molecule has 0 aliphatic heterocycles. The average Bonchev–Trinajstić information content (AvgIpc) is 2.55. The fourth-order valence-electron chi connectivity index (χ4n) is 2.23. The molecule has 18 heteroatoms. The Balaban J connectivity index is 0. The third-order valence-electron chi connectivity index (χ3n) is 4.21. The molecule has 2 unspecified atom stereocenters. The third kappa shape index (κ3) is 6.34. The van der Waals surface area contributed by atoms with E-state index < -0.39 is 73.1 Å². The molecule has 0 nitrogen and oxygen atoms in total. The van der Waals surface area contributed by atoms with Gasteiger partial charge in [-0.15, -0.1) is 0 Å². The van der Waals surface area contributed by atoms with Gasteiger partial charge in [0, 0.05) is 42.9 Å². The van der Waals surface area contributed by atoms with Gasteiger partial charge in [-0.25, -0.2) is 0 Å². The molecule has 0 N–H and O–H groups in total. The Morgan fingerprint density at radius 2 is 1.00 bits per heavy atom. The van der Waals surface area contributed by atoms with E-state index in [-0.39, 0.29) is 36.4 Å². The minimum Gasteiger partial charge on any atom is -0.343 e. The first kappa shape index (κ1) is 34.6. The minimum atomic E-state index is -8.15. The molecule has 32 heavy (non-hydrogen) atoms. The van der Waals surface area contributed by atoms with Crippen molar-refractivity contribution in [2.75, 3.05) is 5.33 Å². The summed E-state index contributed by atoms with van der Waals surface area (Å²) in [6.07, 6.45) is -18.5. The van der Waals surface area contributed by atoms with Crippen LogP contribution >= 0.6 is 15.9 Å². The minimum absolute atomic E-state index is 0. The third-order valence-corrected chi connectivity index (χ3v) is 5.12. The van der Waals surface area contributed by atoms with Gasteiger partial charge < -0.3 is 6.92 Å². The first-order valence-corrected chi connectivity index (χ1v) is 8.85. The molecule has 0 saturated carbocycles. The van der Waals surface area contributed by atoms with E-state index in [2.05, 4.69) is 22.9 Å². The first-order chi connectivity index (χ1) is 13.3. The summed E-state index contributed by atoms with van der Waals surface area (Å²) >= 11 is 2.64. The topological polar surface area (TPSA) is 0 Å². The Hall–Kier alpha value is 0.412. The van der Waals surface area contributed by atoms with Gasteiger partial charge >= 0.3 is 42.0 Å². The van der Waals surface area contributed by atoms with Crippen molar-refractivity contribution < 1.29 is 101 Å². The number of rotatable bonds is 10. The van der Waals surface area contributed by atoms with E-state index in [4.69, 9.17) is 0 Å². The zero-order valence-electron chi connectivity index (χ0n) is 15.1. The van der Waals surface area contributed by atoms with Crippen LogP contribution in [0.15, 0.2) is 0 Å². The quantitative estimate of drug-likeness (QED) is 0.120. The molecule has 0 spiro atoms. The van der Waals surface area contributed by atoms with Gasteiger partial charge in [0.25, 0.3) is 0 Å². The smallest absolute Gasteiger partial charge is 0.343 e. The van der Waals surface area contributed by atoms with E-state index in [0.29, 0.717) is 0 Å². The van der Waals surface area contributed by atoms with Gasteiger partial charge in [-0.2, -0.15) is 76.7 Å². The Kier molecular flexibility index (Phi) is 11.4. The summed E-state index contributed by atoms with van der Waals surface area (Å²) < 4.78 is 208. The molecule has 0 aromatic carbocycles. The van der Waals surface area contributed by atoms with Crippen LogP contribution < -0.4 is 0 Å². The normalized spacial score (nSPS) is 17.1. The molecule has 192 valence electrons. The Labute approximate surface area is 202 Å². The number of hydrogen-bond acceptors (Lipinski definition) is 0. The van der Waals surface area contributed by atoms with Crippen molar-refractivity contribution in [3.05, 3.63) is 6.92 Å². The predicted molar refractivity (Wildman–Crippen MR) is 76.8 cm³/mol. The summed E-state index contributed by atoms with van der Waals surface area (Å²) in [5, 5.41) is -0.364. The fraction of sp³-hybridized carbons (Fsp3) is 0.929. The van der Waals surface area contributed by atoms with E-state index >= 15 is 0 Å². The van der Waals surface area contributed by atoms with Crippen molar-refractivity contribution in [3.63, 3.8) is 0 Å². The molecule has 0 aromatic heterocycles. The van der Waals surface area contributed by atoms with E-state index in [1.165, 1.54) is 0 Å². The molecule has 0 amide bonds. The van der Waals surface area contributed by atoms with Gasteiger partial charge in [-0.05, 0) is 6.42 Å². The van der Waals surface area contributed by atoms with Crippen LogP contribution in [0.3, 0.4) is 0 Å². The molecule has 0 rings (SSSR count). The SMILES string of the molecule is [CH2-]CC(CBr)CC(CC(F)(F)C(F)(F)C(F)(F)C(F)(F)C(F)(F)C(F)(F)F)C(F)(F)F.[U]. The van der Waals surface area contributed by atoms with E-state index in [9.17, 15) is 70.2 Å². The molecule has 0 heterocycles. The van der Waals surface area contributed by atoms with E-state index in [0.717, 1.165) is 0 Å². The van der Waals surface area contributed by atoms with Crippen LogP contribution in [0.2, 0.25) is 0 Å². The van der Waals surface area contributed by atoms with Crippen LogP contribution in [0.5, 0.6) is 0 Å². The number of alkyl halides is 17. The van der Waals surface area contributed by atoms with Gasteiger partial charge in [0.05, 0.1) is 5.92 Å². The second-order valence-electron chi connectivity index (χ2n) is 6.49. The van der Waals surface area contributed by atoms with Crippen LogP contribution in [0.4, 0.5) is 70.2 Å². The largest absolute Gasteiger partial charge is 0.460 e.